The molecule has 1 fully saturated rings. The van der Waals surface area contributed by atoms with Gasteiger partial charge in [-0.05, 0) is 50.3 Å². The molecule has 1 saturated heterocycles. The van der Waals surface area contributed by atoms with Crippen molar-refractivity contribution in [2.45, 2.75) is 52.0 Å². The highest BCUT2D eigenvalue weighted by atomic mass is 16.4. The van der Waals surface area contributed by atoms with Gasteiger partial charge in [-0.3, -0.25) is 0 Å². The number of carboxylic acid groups (broad SMARTS) is 1. The molecular formula is C16H23NO2. The fourth-order valence-corrected chi connectivity index (χ4v) is 3.01. The standard InChI is InChI=1S/C16H23NO2/c1-3-6-13-7-4-5-10-17(13)15-11-12(2)8-9-14(15)16(18)19/h8-9,11,13H,3-7,10H2,1-2H3,(H,18,19). The molecule has 2 rings (SSSR count). The number of aromatic carboxylic acids is 1. The van der Waals surface area contributed by atoms with Crippen molar-refractivity contribution in [1.29, 1.82) is 0 Å². The highest BCUT2D eigenvalue weighted by molar-refractivity contribution is 5.94. The molecule has 104 valence electrons. The van der Waals surface area contributed by atoms with Crippen LogP contribution in [-0.2, 0) is 0 Å². The van der Waals surface area contributed by atoms with Gasteiger partial charge in [-0.2, -0.15) is 0 Å². The van der Waals surface area contributed by atoms with E-state index < -0.39 is 5.97 Å². The number of piperidine rings is 1. The number of nitrogens with zero attached hydrogens (tertiary/aromatic N) is 1. The Hall–Kier alpha value is -1.51. The summed E-state index contributed by atoms with van der Waals surface area (Å²) >= 11 is 0. The molecule has 3 nitrogen and oxygen atoms in total. The monoisotopic (exact) mass is 261 g/mol. The van der Waals surface area contributed by atoms with Crippen LogP contribution < -0.4 is 4.90 Å². The van der Waals surface area contributed by atoms with E-state index in [-0.39, 0.29) is 0 Å². The van der Waals surface area contributed by atoms with E-state index in [1.54, 1.807) is 6.07 Å². The third kappa shape index (κ3) is 3.09. The minimum Gasteiger partial charge on any atom is -0.478 e. The Morgan fingerprint density at radius 1 is 1.42 bits per heavy atom. The minimum atomic E-state index is -0.823. The van der Waals surface area contributed by atoms with Crippen LogP contribution in [0.25, 0.3) is 0 Å². The molecule has 0 saturated carbocycles. The molecule has 1 heterocycles. The zero-order valence-electron chi connectivity index (χ0n) is 11.9. The summed E-state index contributed by atoms with van der Waals surface area (Å²) < 4.78 is 0. The zero-order valence-corrected chi connectivity index (χ0v) is 11.9. The largest absolute Gasteiger partial charge is 0.478 e. The third-order valence-corrected chi connectivity index (χ3v) is 3.94. The van der Waals surface area contributed by atoms with Gasteiger partial charge in [0, 0.05) is 12.6 Å². The van der Waals surface area contributed by atoms with Gasteiger partial charge in [0.15, 0.2) is 0 Å². The normalized spacial score (nSPS) is 19.5. The summed E-state index contributed by atoms with van der Waals surface area (Å²) in [6.07, 6.45) is 5.89. The van der Waals surface area contributed by atoms with Gasteiger partial charge >= 0.3 is 5.97 Å². The zero-order chi connectivity index (χ0) is 13.8. The molecule has 1 atom stereocenters. The van der Waals surface area contributed by atoms with E-state index >= 15 is 0 Å². The lowest BCUT2D eigenvalue weighted by Gasteiger charge is -2.38. The maximum Gasteiger partial charge on any atom is 0.337 e. The lowest BCUT2D eigenvalue weighted by Crippen LogP contribution is -2.40. The van der Waals surface area contributed by atoms with Crippen LogP contribution in [0, 0.1) is 6.92 Å². The topological polar surface area (TPSA) is 40.5 Å². The number of carboxylic acids is 1. The predicted octanol–water partition coefficient (Wildman–Crippen LogP) is 3.85. The SMILES string of the molecule is CCCC1CCCCN1c1cc(C)ccc1C(=O)O. The van der Waals surface area contributed by atoms with E-state index in [1.807, 2.05) is 19.1 Å². The van der Waals surface area contributed by atoms with Crippen LogP contribution in [0.4, 0.5) is 5.69 Å². The first kappa shape index (κ1) is 13.9. The van der Waals surface area contributed by atoms with E-state index in [1.165, 1.54) is 12.8 Å². The lowest BCUT2D eigenvalue weighted by molar-refractivity contribution is 0.0697. The summed E-state index contributed by atoms with van der Waals surface area (Å²) in [5.41, 5.74) is 2.47. The van der Waals surface area contributed by atoms with Crippen molar-refractivity contribution >= 4 is 11.7 Å². The molecule has 0 aromatic heterocycles. The van der Waals surface area contributed by atoms with Crippen LogP contribution in [0.5, 0.6) is 0 Å². The molecule has 1 aliphatic rings. The molecule has 1 aromatic carbocycles. The summed E-state index contributed by atoms with van der Waals surface area (Å²) in [5, 5.41) is 9.38. The van der Waals surface area contributed by atoms with Crippen LogP contribution in [0.15, 0.2) is 18.2 Å². The molecule has 0 bridgehead atoms. The van der Waals surface area contributed by atoms with Gasteiger partial charge < -0.3 is 10.0 Å². The first-order chi connectivity index (χ1) is 9.13. The summed E-state index contributed by atoms with van der Waals surface area (Å²) in [6.45, 7) is 5.20. The van der Waals surface area contributed by atoms with Crippen molar-refractivity contribution in [1.82, 2.24) is 0 Å². The van der Waals surface area contributed by atoms with E-state index in [0.29, 0.717) is 11.6 Å². The summed E-state index contributed by atoms with van der Waals surface area (Å²) in [6, 6.07) is 6.15. The van der Waals surface area contributed by atoms with Crippen LogP contribution in [0.1, 0.15) is 54.9 Å². The molecule has 0 radical (unpaired) electrons. The summed E-state index contributed by atoms with van der Waals surface area (Å²) in [4.78, 5) is 13.7. The number of rotatable bonds is 4. The molecule has 1 aliphatic heterocycles. The number of aryl methyl sites for hydroxylation is 1. The Bertz CT molecular complexity index is 454. The van der Waals surface area contributed by atoms with Crippen LogP contribution in [0.2, 0.25) is 0 Å². The van der Waals surface area contributed by atoms with Crippen molar-refractivity contribution in [3.05, 3.63) is 29.3 Å². The second kappa shape index (κ2) is 6.09. The number of anilines is 1. The molecule has 1 unspecified atom stereocenters. The fourth-order valence-electron chi connectivity index (χ4n) is 3.01. The smallest absolute Gasteiger partial charge is 0.337 e. The molecule has 0 amide bonds. The van der Waals surface area contributed by atoms with Crippen molar-refractivity contribution in [2.24, 2.45) is 0 Å². The molecule has 3 heteroatoms. The lowest BCUT2D eigenvalue weighted by atomic mass is 9.96. The Morgan fingerprint density at radius 2 is 2.21 bits per heavy atom. The van der Waals surface area contributed by atoms with E-state index in [4.69, 9.17) is 0 Å². The van der Waals surface area contributed by atoms with E-state index in [9.17, 15) is 9.90 Å². The number of hydrogen-bond acceptors (Lipinski definition) is 2. The van der Waals surface area contributed by atoms with Crippen LogP contribution in [-0.4, -0.2) is 23.7 Å². The Morgan fingerprint density at radius 3 is 2.89 bits per heavy atom. The average molecular weight is 261 g/mol. The molecular weight excluding hydrogens is 238 g/mol. The van der Waals surface area contributed by atoms with E-state index in [0.717, 1.165) is 37.1 Å². The number of benzene rings is 1. The quantitative estimate of drug-likeness (QED) is 0.895. The van der Waals surface area contributed by atoms with Crippen LogP contribution in [0.3, 0.4) is 0 Å². The highest BCUT2D eigenvalue weighted by Gasteiger charge is 2.25. The fraction of sp³-hybridized carbons (Fsp3) is 0.562. The van der Waals surface area contributed by atoms with Crippen molar-refractivity contribution in [2.75, 3.05) is 11.4 Å². The second-order valence-corrected chi connectivity index (χ2v) is 5.46. The minimum absolute atomic E-state index is 0.439. The van der Waals surface area contributed by atoms with Crippen molar-refractivity contribution in [3.8, 4) is 0 Å². The molecule has 1 N–H and O–H groups in total. The van der Waals surface area contributed by atoms with Gasteiger partial charge in [0.1, 0.15) is 0 Å². The molecule has 1 aromatic rings. The van der Waals surface area contributed by atoms with Gasteiger partial charge in [0.2, 0.25) is 0 Å². The van der Waals surface area contributed by atoms with Gasteiger partial charge in [-0.25, -0.2) is 4.79 Å². The maximum atomic E-state index is 11.4. The Labute approximate surface area is 115 Å². The van der Waals surface area contributed by atoms with E-state index in [2.05, 4.69) is 11.8 Å². The van der Waals surface area contributed by atoms with Crippen molar-refractivity contribution in [3.63, 3.8) is 0 Å². The number of carbonyl (C=O) groups is 1. The summed E-state index contributed by atoms with van der Waals surface area (Å²) in [7, 11) is 0. The average Bonchev–Trinajstić information content (AvgIpc) is 2.39. The molecule has 0 spiro atoms. The van der Waals surface area contributed by atoms with Crippen LogP contribution >= 0.6 is 0 Å². The summed E-state index contributed by atoms with van der Waals surface area (Å²) in [5.74, 6) is -0.823. The first-order valence-electron chi connectivity index (χ1n) is 7.24. The van der Waals surface area contributed by atoms with Gasteiger partial charge in [0.25, 0.3) is 0 Å². The molecule has 0 aliphatic carbocycles. The molecule has 19 heavy (non-hydrogen) atoms. The Balaban J connectivity index is 2.37. The first-order valence-corrected chi connectivity index (χ1v) is 7.24. The number of hydrogen-bond donors (Lipinski definition) is 1. The van der Waals surface area contributed by atoms with Gasteiger partial charge in [0.05, 0.1) is 11.3 Å². The van der Waals surface area contributed by atoms with Crippen molar-refractivity contribution < 1.29 is 9.90 Å². The highest BCUT2D eigenvalue weighted by Crippen LogP contribution is 2.30. The Kier molecular flexibility index (Phi) is 4.46. The maximum absolute atomic E-state index is 11.4. The third-order valence-electron chi connectivity index (χ3n) is 3.94. The second-order valence-electron chi connectivity index (χ2n) is 5.46. The van der Waals surface area contributed by atoms with Gasteiger partial charge in [-0.1, -0.05) is 19.4 Å². The predicted molar refractivity (Wildman–Crippen MR) is 78.0 cm³/mol. The van der Waals surface area contributed by atoms with Gasteiger partial charge in [-0.15, -0.1) is 0 Å².